The normalized spacial score (nSPS) is 10.9. The van der Waals surface area contributed by atoms with Gasteiger partial charge in [0.2, 0.25) is 0 Å². The number of hydrogen-bond donors (Lipinski definition) is 0. The largest absolute Gasteiger partial charge is 0.491 e. The van der Waals surface area contributed by atoms with Crippen LogP contribution in [-0.4, -0.2) is 12.9 Å². The summed E-state index contributed by atoms with van der Waals surface area (Å²) in [6.45, 7) is 5.21. The SMILES string of the molecule is CCCCC(CCCC)COc1cc(C=O)sc1Br. The zero-order valence-corrected chi connectivity index (χ0v) is 14.2. The van der Waals surface area contributed by atoms with Crippen LogP contribution >= 0.6 is 27.3 Å². The molecule has 0 aromatic carbocycles. The highest BCUT2D eigenvalue weighted by Crippen LogP contribution is 2.34. The van der Waals surface area contributed by atoms with Crippen molar-refractivity contribution < 1.29 is 9.53 Å². The van der Waals surface area contributed by atoms with E-state index >= 15 is 0 Å². The number of rotatable bonds is 10. The average Bonchev–Trinajstić information content (AvgIpc) is 2.78. The van der Waals surface area contributed by atoms with Gasteiger partial charge in [0.25, 0.3) is 0 Å². The van der Waals surface area contributed by atoms with Crippen molar-refractivity contribution in [1.29, 1.82) is 0 Å². The lowest BCUT2D eigenvalue weighted by atomic mass is 9.97. The number of thiophene rings is 1. The number of ether oxygens (including phenoxy) is 1. The van der Waals surface area contributed by atoms with E-state index in [0.717, 1.165) is 22.4 Å². The van der Waals surface area contributed by atoms with Crippen LogP contribution < -0.4 is 4.74 Å². The molecule has 0 saturated carbocycles. The molecule has 0 fully saturated rings. The van der Waals surface area contributed by atoms with Crippen LogP contribution in [0, 0.1) is 5.92 Å². The molecule has 108 valence electrons. The predicted octanol–water partition coefficient (Wildman–Crippen LogP) is 5.70. The van der Waals surface area contributed by atoms with Crippen LogP contribution in [0.15, 0.2) is 9.85 Å². The van der Waals surface area contributed by atoms with Crippen LogP contribution in [0.25, 0.3) is 0 Å². The van der Waals surface area contributed by atoms with Crippen molar-refractivity contribution in [3.8, 4) is 5.75 Å². The fourth-order valence-electron chi connectivity index (χ4n) is 2.03. The molecule has 1 aromatic heterocycles. The van der Waals surface area contributed by atoms with Crippen molar-refractivity contribution >= 4 is 33.6 Å². The lowest BCUT2D eigenvalue weighted by molar-refractivity contribution is 0.112. The van der Waals surface area contributed by atoms with Crippen LogP contribution in [0.2, 0.25) is 0 Å². The maximum absolute atomic E-state index is 10.7. The van der Waals surface area contributed by atoms with Crippen LogP contribution in [0.5, 0.6) is 5.75 Å². The minimum Gasteiger partial charge on any atom is -0.491 e. The van der Waals surface area contributed by atoms with E-state index in [1.54, 1.807) is 0 Å². The van der Waals surface area contributed by atoms with Gasteiger partial charge in [-0.25, -0.2) is 0 Å². The monoisotopic (exact) mass is 346 g/mol. The van der Waals surface area contributed by atoms with Gasteiger partial charge in [0.05, 0.1) is 11.5 Å². The zero-order chi connectivity index (χ0) is 14.1. The third kappa shape index (κ3) is 6.09. The van der Waals surface area contributed by atoms with Gasteiger partial charge in [0.1, 0.15) is 9.54 Å². The predicted molar refractivity (Wildman–Crippen MR) is 85.4 cm³/mol. The molecule has 1 rings (SSSR count). The highest BCUT2D eigenvalue weighted by molar-refractivity contribution is 9.11. The summed E-state index contributed by atoms with van der Waals surface area (Å²) in [7, 11) is 0. The molecule has 0 aliphatic rings. The van der Waals surface area contributed by atoms with E-state index < -0.39 is 0 Å². The summed E-state index contributed by atoms with van der Waals surface area (Å²) >= 11 is 4.87. The minimum absolute atomic E-state index is 0.631. The molecule has 0 N–H and O–H groups in total. The van der Waals surface area contributed by atoms with Crippen molar-refractivity contribution in [1.82, 2.24) is 0 Å². The first-order chi connectivity index (χ1) is 9.21. The first-order valence-corrected chi connectivity index (χ1v) is 8.69. The van der Waals surface area contributed by atoms with Gasteiger partial charge in [-0.1, -0.05) is 39.5 Å². The van der Waals surface area contributed by atoms with E-state index in [2.05, 4.69) is 29.8 Å². The van der Waals surface area contributed by atoms with Crippen LogP contribution in [0.4, 0.5) is 0 Å². The maximum atomic E-state index is 10.7. The Balaban J connectivity index is 2.48. The summed E-state index contributed by atoms with van der Waals surface area (Å²) in [6, 6.07) is 1.82. The molecule has 0 saturated heterocycles. The summed E-state index contributed by atoms with van der Waals surface area (Å²) in [5.41, 5.74) is 0. The van der Waals surface area contributed by atoms with Gasteiger partial charge in [0.15, 0.2) is 6.29 Å². The number of carbonyl (C=O) groups excluding carboxylic acids is 1. The highest BCUT2D eigenvalue weighted by atomic mass is 79.9. The van der Waals surface area contributed by atoms with Crippen LogP contribution in [0.1, 0.15) is 62.0 Å². The minimum atomic E-state index is 0.631. The van der Waals surface area contributed by atoms with Crippen molar-refractivity contribution in [2.45, 2.75) is 52.4 Å². The number of carbonyl (C=O) groups is 1. The number of halogens is 1. The van der Waals surface area contributed by atoms with Crippen molar-refractivity contribution in [2.24, 2.45) is 5.92 Å². The first kappa shape index (κ1) is 16.7. The lowest BCUT2D eigenvalue weighted by Gasteiger charge is -2.16. The second kappa shape index (κ2) is 9.54. The van der Waals surface area contributed by atoms with E-state index in [1.165, 1.54) is 49.9 Å². The summed E-state index contributed by atoms with van der Waals surface area (Å²) in [6.07, 6.45) is 8.34. The molecule has 0 spiro atoms. The van der Waals surface area contributed by atoms with E-state index in [-0.39, 0.29) is 0 Å². The Hall–Kier alpha value is -0.350. The van der Waals surface area contributed by atoms with Crippen molar-refractivity contribution in [3.05, 3.63) is 14.7 Å². The molecule has 0 atom stereocenters. The third-order valence-corrected chi connectivity index (χ3v) is 4.90. The van der Waals surface area contributed by atoms with Gasteiger partial charge in [-0.05, 0) is 34.7 Å². The first-order valence-electron chi connectivity index (χ1n) is 7.08. The van der Waals surface area contributed by atoms with Gasteiger partial charge in [-0.2, -0.15) is 0 Å². The van der Waals surface area contributed by atoms with Crippen molar-refractivity contribution in [3.63, 3.8) is 0 Å². The molecule has 0 radical (unpaired) electrons. The highest BCUT2D eigenvalue weighted by Gasteiger charge is 2.12. The van der Waals surface area contributed by atoms with Gasteiger partial charge >= 0.3 is 0 Å². The van der Waals surface area contributed by atoms with E-state index in [1.807, 2.05) is 6.07 Å². The second-order valence-corrected chi connectivity index (χ2v) is 7.27. The Morgan fingerprint density at radius 1 is 1.32 bits per heavy atom. The maximum Gasteiger partial charge on any atom is 0.160 e. The Bertz CT molecular complexity index is 368. The standard InChI is InChI=1S/C15H23BrO2S/c1-3-5-7-12(8-6-4-2)11-18-14-9-13(10-17)19-15(14)16/h9-10,12H,3-8,11H2,1-2H3. The number of aldehydes is 1. The van der Waals surface area contributed by atoms with Gasteiger partial charge in [-0.15, -0.1) is 11.3 Å². The Labute approximate surface area is 128 Å². The van der Waals surface area contributed by atoms with Crippen LogP contribution in [-0.2, 0) is 0 Å². The molecule has 19 heavy (non-hydrogen) atoms. The second-order valence-electron chi connectivity index (χ2n) is 4.87. The lowest BCUT2D eigenvalue weighted by Crippen LogP contribution is -2.12. The molecule has 4 heteroatoms. The molecule has 1 heterocycles. The van der Waals surface area contributed by atoms with Crippen molar-refractivity contribution in [2.75, 3.05) is 6.61 Å². The molecule has 0 unspecified atom stereocenters. The molecule has 0 aliphatic heterocycles. The quantitative estimate of drug-likeness (QED) is 0.508. The molecule has 1 aromatic rings. The third-order valence-electron chi connectivity index (χ3n) is 3.20. The number of hydrogen-bond acceptors (Lipinski definition) is 3. The number of unbranched alkanes of at least 4 members (excludes halogenated alkanes) is 2. The molecular formula is C15H23BrO2S. The van der Waals surface area contributed by atoms with E-state index in [9.17, 15) is 4.79 Å². The summed E-state index contributed by atoms with van der Waals surface area (Å²) < 4.78 is 6.80. The molecular weight excluding hydrogens is 324 g/mol. The Morgan fingerprint density at radius 2 is 1.95 bits per heavy atom. The average molecular weight is 347 g/mol. The Kier molecular flexibility index (Phi) is 8.38. The molecule has 0 aliphatic carbocycles. The van der Waals surface area contributed by atoms with Gasteiger partial charge in [-0.3, -0.25) is 4.79 Å². The summed E-state index contributed by atoms with van der Waals surface area (Å²) in [5, 5.41) is 0. The van der Waals surface area contributed by atoms with E-state index in [4.69, 9.17) is 4.74 Å². The van der Waals surface area contributed by atoms with Gasteiger partial charge in [0, 0.05) is 6.07 Å². The fraction of sp³-hybridized carbons (Fsp3) is 0.667. The van der Waals surface area contributed by atoms with E-state index in [0.29, 0.717) is 10.8 Å². The molecule has 2 nitrogen and oxygen atoms in total. The zero-order valence-electron chi connectivity index (χ0n) is 11.8. The van der Waals surface area contributed by atoms with Gasteiger partial charge < -0.3 is 4.74 Å². The molecule has 0 bridgehead atoms. The summed E-state index contributed by atoms with van der Waals surface area (Å²) in [5.74, 6) is 1.44. The Morgan fingerprint density at radius 3 is 2.42 bits per heavy atom. The molecule has 0 amide bonds. The topological polar surface area (TPSA) is 26.3 Å². The fourth-order valence-corrected chi connectivity index (χ4v) is 3.46. The summed E-state index contributed by atoms with van der Waals surface area (Å²) in [4.78, 5) is 11.4. The van der Waals surface area contributed by atoms with Crippen LogP contribution in [0.3, 0.4) is 0 Å². The smallest absolute Gasteiger partial charge is 0.160 e.